The van der Waals surface area contributed by atoms with Crippen LogP contribution in [0.3, 0.4) is 0 Å². The summed E-state index contributed by atoms with van der Waals surface area (Å²) in [6, 6.07) is 22.2. The second-order valence-corrected chi connectivity index (χ2v) is 14.5. The van der Waals surface area contributed by atoms with Gasteiger partial charge in [-0.1, -0.05) is 74.9 Å². The van der Waals surface area contributed by atoms with Crippen molar-refractivity contribution < 1.29 is 26.9 Å². The fourth-order valence-electron chi connectivity index (χ4n) is 4.94. The van der Waals surface area contributed by atoms with E-state index in [0.717, 1.165) is 25.4 Å². The Kier molecular flexibility index (Phi) is 13.0. The maximum atomic E-state index is 10.6. The molecule has 1 N–H and O–H groups in total. The Bertz CT molecular complexity index is 1010. The highest BCUT2D eigenvalue weighted by Gasteiger charge is 2.46. The van der Waals surface area contributed by atoms with E-state index in [1.807, 2.05) is 0 Å². The highest BCUT2D eigenvalue weighted by atomic mass is 79.9. The number of aliphatic carboxylic acids is 1. The third-order valence-corrected chi connectivity index (χ3v) is 11.4. The SMILES string of the molecule is CC(C)(C)n1cc([P+](CCCCCCCCCCCC(=O)O)(c2ccccc2)c2ccccc2)cn1.[Br-]. The molecular weight excluding hydrogens is 543 g/mol. The number of carboxylic acids is 1. The Morgan fingerprint density at radius 3 is 1.65 bits per heavy atom. The molecule has 1 aromatic heterocycles. The number of rotatable bonds is 15. The van der Waals surface area contributed by atoms with Crippen LogP contribution >= 0.6 is 7.26 Å². The van der Waals surface area contributed by atoms with Crippen LogP contribution in [0.4, 0.5) is 0 Å². The molecule has 0 unspecified atom stereocenters. The van der Waals surface area contributed by atoms with Gasteiger partial charge in [-0.3, -0.25) is 9.48 Å². The maximum Gasteiger partial charge on any atom is 0.303 e. The number of unbranched alkanes of at least 4 members (excludes halogenated alkanes) is 8. The minimum atomic E-state index is -1.82. The van der Waals surface area contributed by atoms with E-state index in [-0.39, 0.29) is 22.5 Å². The van der Waals surface area contributed by atoms with Crippen LogP contribution in [0.15, 0.2) is 73.1 Å². The molecule has 0 saturated heterocycles. The summed E-state index contributed by atoms with van der Waals surface area (Å²) in [6.07, 6.45) is 16.4. The maximum absolute atomic E-state index is 10.6. The number of hydrogen-bond acceptors (Lipinski definition) is 2. The zero-order valence-corrected chi connectivity index (χ0v) is 25.3. The van der Waals surface area contributed by atoms with Gasteiger partial charge < -0.3 is 22.1 Å². The highest BCUT2D eigenvalue weighted by molar-refractivity contribution is 7.95. The minimum Gasteiger partial charge on any atom is -1.00 e. The molecule has 202 valence electrons. The predicted octanol–water partition coefficient (Wildman–Crippen LogP) is 3.92. The second kappa shape index (κ2) is 15.4. The topological polar surface area (TPSA) is 55.1 Å². The molecule has 3 rings (SSSR count). The predicted molar refractivity (Wildman–Crippen MR) is 155 cm³/mol. The van der Waals surface area contributed by atoms with Crippen LogP contribution in [0.25, 0.3) is 0 Å². The Balaban J connectivity index is 0.00000481. The van der Waals surface area contributed by atoms with Gasteiger partial charge in [0.05, 0.1) is 24.1 Å². The van der Waals surface area contributed by atoms with Gasteiger partial charge in [-0.25, -0.2) is 0 Å². The lowest BCUT2D eigenvalue weighted by atomic mass is 10.1. The molecule has 37 heavy (non-hydrogen) atoms. The molecule has 4 nitrogen and oxygen atoms in total. The number of hydrogen-bond donors (Lipinski definition) is 1. The molecule has 1 heterocycles. The molecule has 0 amide bonds. The number of carbonyl (C=O) groups is 1. The normalized spacial score (nSPS) is 11.8. The summed E-state index contributed by atoms with van der Waals surface area (Å²) >= 11 is 0. The number of halogens is 1. The van der Waals surface area contributed by atoms with E-state index in [9.17, 15) is 4.79 Å². The van der Waals surface area contributed by atoms with Crippen LogP contribution in [-0.2, 0) is 10.3 Å². The van der Waals surface area contributed by atoms with Crippen LogP contribution in [-0.4, -0.2) is 27.0 Å². The third kappa shape index (κ3) is 9.07. The largest absolute Gasteiger partial charge is 1.00 e. The van der Waals surface area contributed by atoms with Gasteiger partial charge in [0.25, 0.3) is 0 Å². The first kappa shape index (κ1) is 31.2. The lowest BCUT2D eigenvalue weighted by molar-refractivity contribution is -0.137. The van der Waals surface area contributed by atoms with E-state index in [2.05, 4.69) is 98.5 Å². The smallest absolute Gasteiger partial charge is 0.303 e. The molecule has 3 aromatic rings. The van der Waals surface area contributed by atoms with Crippen LogP contribution in [0.1, 0.15) is 85.0 Å². The summed E-state index contributed by atoms with van der Waals surface area (Å²) in [5, 5.41) is 17.8. The van der Waals surface area contributed by atoms with E-state index in [4.69, 9.17) is 10.2 Å². The number of nitrogens with zero attached hydrogens (tertiary/aromatic N) is 2. The molecule has 0 atom stereocenters. The van der Waals surface area contributed by atoms with Crippen molar-refractivity contribution in [3.63, 3.8) is 0 Å². The zero-order chi connectivity index (χ0) is 25.9. The van der Waals surface area contributed by atoms with Gasteiger partial charge in [-0.15, -0.1) is 0 Å². The van der Waals surface area contributed by atoms with Crippen molar-refractivity contribution in [2.75, 3.05) is 6.16 Å². The Labute approximate surface area is 235 Å². The van der Waals surface area contributed by atoms with Gasteiger partial charge in [0.2, 0.25) is 0 Å². The van der Waals surface area contributed by atoms with Crippen molar-refractivity contribution in [1.29, 1.82) is 0 Å². The van der Waals surface area contributed by atoms with Crippen LogP contribution in [0.2, 0.25) is 0 Å². The summed E-state index contributed by atoms with van der Waals surface area (Å²) in [7, 11) is -1.82. The summed E-state index contributed by atoms with van der Waals surface area (Å²) in [4.78, 5) is 10.6. The zero-order valence-electron chi connectivity index (χ0n) is 22.8. The van der Waals surface area contributed by atoms with E-state index in [1.165, 1.54) is 54.4 Å². The third-order valence-electron chi connectivity index (χ3n) is 6.98. The van der Waals surface area contributed by atoms with Gasteiger partial charge in [-0.05, 0) is 64.3 Å². The molecule has 0 aliphatic carbocycles. The molecule has 0 spiro atoms. The summed E-state index contributed by atoms with van der Waals surface area (Å²) in [6.45, 7) is 6.63. The molecule has 0 radical (unpaired) electrons. The van der Waals surface area contributed by atoms with Gasteiger partial charge in [0.1, 0.15) is 23.2 Å². The van der Waals surface area contributed by atoms with Crippen LogP contribution in [0, 0.1) is 0 Å². The lowest BCUT2D eigenvalue weighted by Gasteiger charge is -2.26. The molecule has 0 saturated carbocycles. The monoisotopic (exact) mass is 586 g/mol. The second-order valence-electron chi connectivity index (χ2n) is 10.8. The fraction of sp³-hybridized carbons (Fsp3) is 0.484. The molecule has 0 aliphatic rings. The molecule has 2 aromatic carbocycles. The first-order chi connectivity index (χ1) is 17.3. The average Bonchev–Trinajstić information content (AvgIpc) is 3.37. The molecule has 0 aliphatic heterocycles. The average molecular weight is 588 g/mol. The van der Waals surface area contributed by atoms with Crippen molar-refractivity contribution in [2.45, 2.75) is 90.5 Å². The standard InChI is InChI=1S/C31H43N2O2P.BrH/c1-31(2,3)33-26-29(25-32-33)36(27-19-13-11-14-20-27,28-21-15-12-16-22-28)24-18-10-8-6-4-5-7-9-17-23-30(34)35;/h11-16,19-22,25-26H,4-10,17-18,23-24H2,1-3H3;1H. The Hall–Kier alpha value is -1.97. The van der Waals surface area contributed by atoms with Crippen molar-refractivity contribution >= 4 is 29.1 Å². The number of carboxylic acid groups (broad SMARTS) is 1. The highest BCUT2D eigenvalue weighted by Crippen LogP contribution is 2.56. The number of benzene rings is 2. The van der Waals surface area contributed by atoms with E-state index >= 15 is 0 Å². The van der Waals surface area contributed by atoms with Crippen molar-refractivity contribution in [3.05, 3.63) is 73.1 Å². The molecule has 0 bridgehead atoms. The first-order valence-electron chi connectivity index (χ1n) is 13.6. The van der Waals surface area contributed by atoms with Crippen molar-refractivity contribution in [3.8, 4) is 0 Å². The van der Waals surface area contributed by atoms with Crippen molar-refractivity contribution in [2.24, 2.45) is 0 Å². The van der Waals surface area contributed by atoms with Gasteiger partial charge >= 0.3 is 5.97 Å². The van der Waals surface area contributed by atoms with E-state index in [1.54, 1.807) is 0 Å². The Morgan fingerprint density at radius 1 is 0.757 bits per heavy atom. The van der Waals surface area contributed by atoms with Gasteiger partial charge in [0.15, 0.2) is 0 Å². The molecular formula is C31H44BrN2O2P. The summed E-state index contributed by atoms with van der Waals surface area (Å²) in [5.74, 6) is -0.675. The van der Waals surface area contributed by atoms with E-state index in [0.29, 0.717) is 6.42 Å². The minimum absolute atomic E-state index is 0. The van der Waals surface area contributed by atoms with Crippen LogP contribution in [0.5, 0.6) is 0 Å². The Morgan fingerprint density at radius 2 is 1.22 bits per heavy atom. The lowest BCUT2D eigenvalue weighted by Crippen LogP contribution is -3.00. The van der Waals surface area contributed by atoms with Crippen LogP contribution < -0.4 is 32.9 Å². The summed E-state index contributed by atoms with van der Waals surface area (Å²) in [5.41, 5.74) is -0.0467. The quantitative estimate of drug-likeness (QED) is 0.217. The fourth-order valence-corrected chi connectivity index (χ4v) is 9.22. The van der Waals surface area contributed by atoms with Crippen molar-refractivity contribution in [1.82, 2.24) is 9.78 Å². The molecule has 0 fully saturated rings. The molecule has 6 heteroatoms. The number of aromatic nitrogens is 2. The van der Waals surface area contributed by atoms with E-state index < -0.39 is 13.2 Å². The first-order valence-corrected chi connectivity index (χ1v) is 15.6. The van der Waals surface area contributed by atoms with Gasteiger partial charge in [-0.2, -0.15) is 5.10 Å². The summed E-state index contributed by atoms with van der Waals surface area (Å²) < 4.78 is 2.12. The van der Waals surface area contributed by atoms with Gasteiger partial charge in [0, 0.05) is 6.42 Å².